The molecule has 0 fully saturated rings. The first-order chi connectivity index (χ1) is 5.66. The molecule has 0 amide bonds. The Hall–Kier alpha value is -0.800. The van der Waals surface area contributed by atoms with Crippen LogP contribution in [0.25, 0.3) is 11.0 Å². The number of H-pyrrole nitrogens is 1. The molecule has 1 N–H and O–H groups in total. The molecule has 1 aromatic heterocycles. The van der Waals surface area contributed by atoms with Crippen LogP contribution < -0.4 is 0 Å². The average molecular weight is 205 g/mol. The fourth-order valence-electron chi connectivity index (χ4n) is 0.974. The van der Waals surface area contributed by atoms with Gasteiger partial charge in [-0.25, -0.2) is 9.37 Å². The molecule has 0 aliphatic heterocycles. The fourth-order valence-corrected chi connectivity index (χ4v) is 1.33. The number of hydrogen-bond acceptors (Lipinski definition) is 1. The summed E-state index contributed by atoms with van der Waals surface area (Å²) in [6.07, 6.45) is 0. The summed E-state index contributed by atoms with van der Waals surface area (Å²) in [7, 11) is 0. The van der Waals surface area contributed by atoms with Crippen LogP contribution in [0.15, 0.2) is 12.1 Å². The maximum absolute atomic E-state index is 12.8. The van der Waals surface area contributed by atoms with Gasteiger partial charge in [0.15, 0.2) is 0 Å². The number of nitrogens with one attached hydrogen (secondary N) is 1. The number of rotatable bonds is 0. The maximum Gasteiger partial charge on any atom is 0.201 e. The predicted octanol–water partition coefficient (Wildman–Crippen LogP) is 3.01. The van der Waals surface area contributed by atoms with Crippen molar-refractivity contribution in [2.24, 2.45) is 0 Å². The van der Waals surface area contributed by atoms with Crippen molar-refractivity contribution in [1.29, 1.82) is 0 Å². The highest BCUT2D eigenvalue weighted by molar-refractivity contribution is 6.31. The maximum atomic E-state index is 12.8. The van der Waals surface area contributed by atoms with E-state index in [1.807, 2.05) is 0 Å². The van der Waals surface area contributed by atoms with Gasteiger partial charge in [0.1, 0.15) is 5.82 Å². The lowest BCUT2D eigenvalue weighted by Gasteiger charge is -1.91. The van der Waals surface area contributed by atoms with Crippen LogP contribution in [0.3, 0.4) is 0 Å². The van der Waals surface area contributed by atoms with E-state index in [4.69, 9.17) is 23.2 Å². The summed E-state index contributed by atoms with van der Waals surface area (Å²) in [6, 6.07) is 2.69. The highest BCUT2D eigenvalue weighted by Crippen LogP contribution is 2.22. The standard InChI is InChI=1S/C7H3Cl2FN2/c8-3-1-5-6(2-4(3)10)12-7(9)11-5/h1-2H,(H,11,12). The van der Waals surface area contributed by atoms with Crippen molar-refractivity contribution >= 4 is 34.2 Å². The lowest BCUT2D eigenvalue weighted by Crippen LogP contribution is -1.76. The first kappa shape index (κ1) is 7.83. The normalized spacial score (nSPS) is 10.9. The highest BCUT2D eigenvalue weighted by Gasteiger charge is 2.05. The molecule has 0 saturated heterocycles. The Morgan fingerprint density at radius 1 is 1.33 bits per heavy atom. The molecule has 0 atom stereocenters. The first-order valence-electron chi connectivity index (χ1n) is 3.17. The predicted molar refractivity (Wildman–Crippen MR) is 46.1 cm³/mol. The van der Waals surface area contributed by atoms with Crippen molar-refractivity contribution in [3.05, 3.63) is 28.3 Å². The molecule has 12 heavy (non-hydrogen) atoms. The summed E-state index contributed by atoms with van der Waals surface area (Å²) >= 11 is 11.1. The largest absolute Gasteiger partial charge is 0.329 e. The van der Waals surface area contributed by atoms with E-state index >= 15 is 0 Å². The van der Waals surface area contributed by atoms with Gasteiger partial charge in [0.05, 0.1) is 16.1 Å². The van der Waals surface area contributed by atoms with Crippen molar-refractivity contribution in [1.82, 2.24) is 9.97 Å². The third-order valence-electron chi connectivity index (χ3n) is 1.50. The SMILES string of the molecule is Fc1cc2nc(Cl)[nH]c2cc1Cl. The van der Waals surface area contributed by atoms with E-state index in [1.54, 1.807) is 0 Å². The molecule has 0 unspecified atom stereocenters. The summed E-state index contributed by atoms with van der Waals surface area (Å²) in [6.45, 7) is 0. The molecule has 0 saturated carbocycles. The van der Waals surface area contributed by atoms with Gasteiger partial charge in [-0.3, -0.25) is 0 Å². The van der Waals surface area contributed by atoms with Crippen molar-refractivity contribution in [2.75, 3.05) is 0 Å². The third kappa shape index (κ3) is 1.15. The van der Waals surface area contributed by atoms with Gasteiger partial charge in [-0.15, -0.1) is 0 Å². The molecule has 2 nitrogen and oxygen atoms in total. The highest BCUT2D eigenvalue weighted by atomic mass is 35.5. The van der Waals surface area contributed by atoms with Crippen LogP contribution in [0.1, 0.15) is 0 Å². The minimum atomic E-state index is -0.493. The van der Waals surface area contributed by atoms with E-state index in [2.05, 4.69) is 9.97 Å². The summed E-state index contributed by atoms with van der Waals surface area (Å²) < 4.78 is 12.8. The fraction of sp³-hybridized carbons (Fsp3) is 0. The van der Waals surface area contributed by atoms with E-state index in [0.717, 1.165) is 0 Å². The molecule has 0 radical (unpaired) electrons. The quantitative estimate of drug-likeness (QED) is 0.703. The van der Waals surface area contributed by atoms with Gasteiger partial charge in [0.25, 0.3) is 0 Å². The minimum Gasteiger partial charge on any atom is -0.329 e. The van der Waals surface area contributed by atoms with Crippen LogP contribution in [0.2, 0.25) is 10.3 Å². The summed E-state index contributed by atoms with van der Waals surface area (Å²) in [4.78, 5) is 6.56. The zero-order valence-electron chi connectivity index (χ0n) is 5.74. The van der Waals surface area contributed by atoms with Gasteiger partial charge >= 0.3 is 0 Å². The number of aromatic amines is 1. The second kappa shape index (κ2) is 2.61. The average Bonchev–Trinajstić information content (AvgIpc) is 2.30. The summed E-state index contributed by atoms with van der Waals surface area (Å²) in [5.41, 5.74) is 1.10. The molecule has 2 rings (SSSR count). The van der Waals surface area contributed by atoms with Gasteiger partial charge in [-0.2, -0.15) is 0 Å². The molecule has 0 aliphatic carbocycles. The van der Waals surface area contributed by atoms with Crippen LogP contribution in [0.4, 0.5) is 4.39 Å². The first-order valence-corrected chi connectivity index (χ1v) is 3.92. The number of aromatic nitrogens is 2. The van der Waals surface area contributed by atoms with Crippen LogP contribution in [-0.4, -0.2) is 9.97 Å². The van der Waals surface area contributed by atoms with Gasteiger partial charge in [-0.1, -0.05) is 11.6 Å². The lowest BCUT2D eigenvalue weighted by atomic mass is 10.3. The van der Waals surface area contributed by atoms with Crippen LogP contribution in [-0.2, 0) is 0 Å². The van der Waals surface area contributed by atoms with Crippen molar-refractivity contribution in [2.45, 2.75) is 0 Å². The van der Waals surface area contributed by atoms with Crippen molar-refractivity contribution in [3.63, 3.8) is 0 Å². The molecule has 0 aliphatic rings. The Bertz CT molecular complexity index is 399. The monoisotopic (exact) mass is 204 g/mol. The van der Waals surface area contributed by atoms with E-state index in [0.29, 0.717) is 11.0 Å². The zero-order valence-corrected chi connectivity index (χ0v) is 7.25. The van der Waals surface area contributed by atoms with E-state index in [1.165, 1.54) is 12.1 Å². The number of nitrogens with zero attached hydrogens (tertiary/aromatic N) is 1. The number of benzene rings is 1. The third-order valence-corrected chi connectivity index (χ3v) is 1.96. The molecular weight excluding hydrogens is 202 g/mol. The number of fused-ring (bicyclic) bond motifs is 1. The molecule has 1 aromatic carbocycles. The molecular formula is C7H3Cl2FN2. The van der Waals surface area contributed by atoms with Crippen molar-refractivity contribution in [3.8, 4) is 0 Å². The lowest BCUT2D eigenvalue weighted by molar-refractivity contribution is 0.630. The van der Waals surface area contributed by atoms with Crippen LogP contribution in [0, 0.1) is 5.82 Å². The van der Waals surface area contributed by atoms with Crippen LogP contribution >= 0.6 is 23.2 Å². The van der Waals surface area contributed by atoms with E-state index in [9.17, 15) is 4.39 Å². The Kier molecular flexibility index (Phi) is 1.70. The van der Waals surface area contributed by atoms with Crippen molar-refractivity contribution < 1.29 is 4.39 Å². The summed E-state index contributed by atoms with van der Waals surface area (Å²) in [5.74, 6) is -0.493. The summed E-state index contributed by atoms with van der Waals surface area (Å²) in [5, 5.41) is 0.287. The van der Waals surface area contributed by atoms with E-state index < -0.39 is 5.82 Å². The van der Waals surface area contributed by atoms with Gasteiger partial charge in [0, 0.05) is 6.07 Å². The Morgan fingerprint density at radius 3 is 2.83 bits per heavy atom. The van der Waals surface area contributed by atoms with Gasteiger partial charge < -0.3 is 4.98 Å². The molecule has 5 heteroatoms. The molecule has 1 heterocycles. The Labute approximate surface area is 77.3 Å². The van der Waals surface area contributed by atoms with Gasteiger partial charge in [-0.05, 0) is 17.7 Å². The Morgan fingerprint density at radius 2 is 2.08 bits per heavy atom. The molecule has 62 valence electrons. The number of hydrogen-bond donors (Lipinski definition) is 1. The minimum absolute atomic E-state index is 0.0582. The van der Waals surface area contributed by atoms with Gasteiger partial charge in [0.2, 0.25) is 5.28 Å². The second-order valence-corrected chi connectivity index (χ2v) is 3.08. The zero-order chi connectivity index (χ0) is 8.72. The molecule has 0 spiro atoms. The smallest absolute Gasteiger partial charge is 0.201 e. The number of imidazole rings is 1. The Balaban J connectivity index is 2.83. The molecule has 2 aromatic rings. The van der Waals surface area contributed by atoms with Crippen LogP contribution in [0.5, 0.6) is 0 Å². The second-order valence-electron chi connectivity index (χ2n) is 2.31. The topological polar surface area (TPSA) is 28.7 Å². The molecule has 0 bridgehead atoms. The van der Waals surface area contributed by atoms with E-state index in [-0.39, 0.29) is 10.3 Å². The number of halogens is 3.